The zero-order chi connectivity index (χ0) is 37.9. The zero-order valence-electron chi connectivity index (χ0n) is 31.1. The molecule has 0 radical (unpaired) electrons. The van der Waals surface area contributed by atoms with Gasteiger partial charge in [0, 0.05) is 54.4 Å². The molecule has 4 heterocycles. The highest BCUT2D eigenvalue weighted by Gasteiger charge is 2.27. The van der Waals surface area contributed by atoms with E-state index in [1.165, 1.54) is 70.7 Å². The van der Waals surface area contributed by atoms with Crippen LogP contribution in [0.4, 0.5) is 0 Å². The first-order valence-electron chi connectivity index (χ1n) is 19.7. The maximum absolute atomic E-state index is 5.16. The van der Waals surface area contributed by atoms with E-state index in [2.05, 4.69) is 161 Å². The molecule has 0 N–H and O–H groups in total. The lowest BCUT2D eigenvalue weighted by Crippen LogP contribution is -2.02. The minimum absolute atomic E-state index is 0.641. The Labute approximate surface area is 332 Å². The molecular formula is C53H31N5. The summed E-state index contributed by atoms with van der Waals surface area (Å²) in [5, 5.41) is 12.3. The van der Waals surface area contributed by atoms with E-state index in [1.54, 1.807) is 0 Å². The molecule has 58 heavy (non-hydrogen) atoms. The van der Waals surface area contributed by atoms with Crippen LogP contribution in [0.25, 0.3) is 121 Å². The first kappa shape index (κ1) is 31.3. The van der Waals surface area contributed by atoms with E-state index in [1.807, 2.05) is 36.4 Å². The number of rotatable bonds is 4. The van der Waals surface area contributed by atoms with Crippen molar-refractivity contribution >= 4 is 81.4 Å². The molecule has 0 aliphatic rings. The Morgan fingerprint density at radius 1 is 0.293 bits per heavy atom. The fourth-order valence-corrected chi connectivity index (χ4v) is 9.71. The van der Waals surface area contributed by atoms with Crippen molar-refractivity contribution in [3.63, 3.8) is 0 Å². The van der Waals surface area contributed by atoms with Crippen LogP contribution in [0.1, 0.15) is 0 Å². The van der Waals surface area contributed by atoms with Crippen LogP contribution >= 0.6 is 0 Å². The lowest BCUT2D eigenvalue weighted by atomic mass is 9.98. The molecule has 0 spiro atoms. The molecule has 0 unspecified atom stereocenters. The van der Waals surface area contributed by atoms with Crippen LogP contribution in [-0.2, 0) is 0 Å². The molecule has 0 fully saturated rings. The van der Waals surface area contributed by atoms with Crippen LogP contribution < -0.4 is 0 Å². The summed E-state index contributed by atoms with van der Waals surface area (Å²) < 4.78 is 5.05. The SMILES string of the molecule is c1ccc(-c2nc(-c3ccccc3)nc(-c3ccc(-n4c5cccc6c7ccccc7n7c8ccccc8c8c9ccccc9c4c(c65)c87)c4ccccc34)n2)cc1. The predicted molar refractivity (Wildman–Crippen MR) is 240 cm³/mol. The van der Waals surface area contributed by atoms with Crippen molar-refractivity contribution < 1.29 is 0 Å². The highest BCUT2D eigenvalue weighted by Crippen LogP contribution is 2.49. The molecule has 0 saturated heterocycles. The van der Waals surface area contributed by atoms with Gasteiger partial charge in [-0.15, -0.1) is 0 Å². The molecule has 0 amide bonds. The van der Waals surface area contributed by atoms with E-state index in [0.717, 1.165) is 33.2 Å². The molecule has 5 nitrogen and oxygen atoms in total. The summed E-state index contributed by atoms with van der Waals surface area (Å²) in [6.07, 6.45) is 0. The predicted octanol–water partition coefficient (Wildman–Crippen LogP) is 13.4. The monoisotopic (exact) mass is 737 g/mol. The largest absolute Gasteiger partial charge is 0.308 e. The topological polar surface area (TPSA) is 48.0 Å². The molecule has 9 aromatic carbocycles. The molecule has 0 atom stereocenters. The van der Waals surface area contributed by atoms with E-state index in [9.17, 15) is 0 Å². The Morgan fingerprint density at radius 2 is 0.793 bits per heavy atom. The maximum atomic E-state index is 5.16. The summed E-state index contributed by atoms with van der Waals surface area (Å²) in [4.78, 5) is 15.3. The average Bonchev–Trinajstić information content (AvgIpc) is 3.79. The van der Waals surface area contributed by atoms with Gasteiger partial charge < -0.3 is 8.97 Å². The van der Waals surface area contributed by atoms with E-state index >= 15 is 0 Å². The van der Waals surface area contributed by atoms with Gasteiger partial charge in [-0.05, 0) is 46.5 Å². The zero-order valence-corrected chi connectivity index (χ0v) is 31.1. The van der Waals surface area contributed by atoms with Crippen molar-refractivity contribution in [2.75, 3.05) is 0 Å². The van der Waals surface area contributed by atoms with Crippen molar-refractivity contribution in [1.82, 2.24) is 23.9 Å². The van der Waals surface area contributed by atoms with Gasteiger partial charge in [-0.1, -0.05) is 158 Å². The second kappa shape index (κ2) is 11.8. The third kappa shape index (κ3) is 4.22. The second-order valence-electron chi connectivity index (χ2n) is 15.1. The molecule has 0 saturated carbocycles. The first-order chi connectivity index (χ1) is 28.8. The lowest BCUT2D eigenvalue weighted by Gasteiger charge is -2.16. The van der Waals surface area contributed by atoms with Crippen LogP contribution in [0.15, 0.2) is 188 Å². The van der Waals surface area contributed by atoms with Crippen LogP contribution in [0.2, 0.25) is 0 Å². The smallest absolute Gasteiger partial charge is 0.164 e. The van der Waals surface area contributed by atoms with Crippen molar-refractivity contribution in [2.24, 2.45) is 0 Å². The Kier molecular flexibility index (Phi) is 6.38. The van der Waals surface area contributed by atoms with E-state index in [-0.39, 0.29) is 0 Å². The van der Waals surface area contributed by atoms with Gasteiger partial charge in [0.1, 0.15) is 0 Å². The summed E-state index contributed by atoms with van der Waals surface area (Å²) in [5.41, 5.74) is 10.0. The van der Waals surface area contributed by atoms with Gasteiger partial charge >= 0.3 is 0 Å². The third-order valence-corrected chi connectivity index (χ3v) is 12.1. The number of para-hydroxylation sites is 2. The fourth-order valence-electron chi connectivity index (χ4n) is 9.71. The van der Waals surface area contributed by atoms with Crippen molar-refractivity contribution in [3.8, 4) is 39.9 Å². The Hall–Kier alpha value is -7.89. The number of hydrogen-bond acceptors (Lipinski definition) is 3. The summed E-state index contributed by atoms with van der Waals surface area (Å²) >= 11 is 0. The summed E-state index contributed by atoms with van der Waals surface area (Å²) in [6.45, 7) is 0. The van der Waals surface area contributed by atoms with Gasteiger partial charge in [0.2, 0.25) is 0 Å². The molecule has 268 valence electrons. The number of benzene rings is 9. The third-order valence-electron chi connectivity index (χ3n) is 12.1. The van der Waals surface area contributed by atoms with E-state index in [4.69, 9.17) is 15.0 Å². The minimum atomic E-state index is 0.641. The summed E-state index contributed by atoms with van der Waals surface area (Å²) in [6, 6.07) is 67.1. The van der Waals surface area contributed by atoms with E-state index in [0.29, 0.717) is 17.5 Å². The quantitative estimate of drug-likeness (QED) is 0.181. The molecule has 13 rings (SSSR count). The lowest BCUT2D eigenvalue weighted by molar-refractivity contribution is 1.08. The van der Waals surface area contributed by atoms with Gasteiger partial charge in [-0.3, -0.25) is 0 Å². The molecule has 5 heteroatoms. The number of hydrogen-bond donors (Lipinski definition) is 0. The van der Waals surface area contributed by atoms with Gasteiger partial charge in [-0.25, -0.2) is 15.0 Å². The van der Waals surface area contributed by atoms with Crippen molar-refractivity contribution in [3.05, 3.63) is 188 Å². The van der Waals surface area contributed by atoms with E-state index < -0.39 is 0 Å². The summed E-state index contributed by atoms with van der Waals surface area (Å²) in [7, 11) is 0. The van der Waals surface area contributed by atoms with Crippen molar-refractivity contribution in [1.29, 1.82) is 0 Å². The maximum Gasteiger partial charge on any atom is 0.164 e. The molecule has 13 aromatic rings. The summed E-state index contributed by atoms with van der Waals surface area (Å²) in [5.74, 6) is 1.93. The Morgan fingerprint density at radius 3 is 1.50 bits per heavy atom. The van der Waals surface area contributed by atoms with Crippen LogP contribution in [0.3, 0.4) is 0 Å². The van der Waals surface area contributed by atoms with Crippen LogP contribution in [0.5, 0.6) is 0 Å². The first-order valence-corrected chi connectivity index (χ1v) is 19.7. The number of fused-ring (bicyclic) bond motifs is 10. The minimum Gasteiger partial charge on any atom is -0.308 e. The standard InChI is InChI=1S/C53H31N5/c1-3-16-32(17-4-1)51-54-52(33-18-5-2-6-19-33)56-53(55-51)40-30-31-44(35-21-8-7-20-34(35)40)58-45-29-15-26-37-36-22-11-13-27-42(36)57-43-28-14-12-25-41(43)46-38-23-9-10-24-39(38)49(58)48(47(37)45)50(46)57/h1-31H. The Bertz CT molecular complexity index is 3730. The highest BCUT2D eigenvalue weighted by molar-refractivity contribution is 6.40. The number of aromatic nitrogens is 5. The normalized spacial score (nSPS) is 12.1. The highest BCUT2D eigenvalue weighted by atomic mass is 15.0. The molecule has 4 aromatic heterocycles. The van der Waals surface area contributed by atoms with Gasteiger partial charge in [-0.2, -0.15) is 0 Å². The Balaban J connectivity index is 1.18. The molecule has 0 aliphatic heterocycles. The van der Waals surface area contributed by atoms with Gasteiger partial charge in [0.15, 0.2) is 17.5 Å². The molecule has 0 bridgehead atoms. The molecule has 0 aliphatic carbocycles. The number of nitrogens with zero attached hydrogens (tertiary/aromatic N) is 5. The van der Waals surface area contributed by atoms with Gasteiger partial charge in [0.25, 0.3) is 0 Å². The van der Waals surface area contributed by atoms with Crippen LogP contribution in [-0.4, -0.2) is 23.9 Å². The van der Waals surface area contributed by atoms with Gasteiger partial charge in [0.05, 0.1) is 33.3 Å². The fraction of sp³-hybridized carbons (Fsp3) is 0. The average molecular weight is 738 g/mol. The second-order valence-corrected chi connectivity index (χ2v) is 15.1. The van der Waals surface area contributed by atoms with Crippen molar-refractivity contribution in [2.45, 2.75) is 0 Å². The molecular weight excluding hydrogens is 707 g/mol. The van der Waals surface area contributed by atoms with Crippen LogP contribution in [0, 0.1) is 0 Å².